The summed E-state index contributed by atoms with van der Waals surface area (Å²) in [6.45, 7) is 14.3. The zero-order chi connectivity index (χ0) is 35.7. The summed E-state index contributed by atoms with van der Waals surface area (Å²) in [4.78, 5) is 16.5. The Hall–Kier alpha value is -0.610. The summed E-state index contributed by atoms with van der Waals surface area (Å²) in [5.41, 5.74) is 0. The second-order valence-electron chi connectivity index (χ2n) is 15.8. The molecule has 0 saturated carbocycles. The van der Waals surface area contributed by atoms with E-state index >= 15 is 0 Å². The molecule has 0 aliphatic rings. The summed E-state index contributed by atoms with van der Waals surface area (Å²) in [5, 5.41) is 9.04. The summed E-state index contributed by atoms with van der Waals surface area (Å²) in [6, 6.07) is 0. The molecule has 0 spiro atoms. The molecular formula is C45H92N2O2. The van der Waals surface area contributed by atoms with Crippen LogP contribution in [0.3, 0.4) is 0 Å². The van der Waals surface area contributed by atoms with Crippen molar-refractivity contribution in [1.82, 2.24) is 9.80 Å². The average Bonchev–Trinajstić information content (AvgIpc) is 3.09. The third kappa shape index (κ3) is 40.0. The molecule has 0 heterocycles. The predicted molar refractivity (Wildman–Crippen MR) is 219 cm³/mol. The van der Waals surface area contributed by atoms with Gasteiger partial charge in [0, 0.05) is 6.42 Å². The maximum absolute atomic E-state index is 11.0. The number of hydrogen-bond donors (Lipinski definition) is 1. The molecule has 0 amide bonds. The second kappa shape index (κ2) is 41.8. The van der Waals surface area contributed by atoms with Crippen LogP contribution in [0.15, 0.2) is 0 Å². The maximum atomic E-state index is 11.0. The summed E-state index contributed by atoms with van der Waals surface area (Å²) in [7, 11) is 0. The third-order valence-corrected chi connectivity index (χ3v) is 10.8. The molecule has 0 bridgehead atoms. The van der Waals surface area contributed by atoms with Crippen molar-refractivity contribution in [3.8, 4) is 0 Å². The summed E-state index contributed by atoms with van der Waals surface area (Å²) in [6.07, 6.45) is 46.9. The Balaban J connectivity index is 4.56. The van der Waals surface area contributed by atoms with Crippen molar-refractivity contribution in [1.29, 1.82) is 0 Å². The van der Waals surface area contributed by atoms with E-state index in [1.54, 1.807) is 0 Å². The van der Waals surface area contributed by atoms with Gasteiger partial charge in [-0.2, -0.15) is 0 Å². The molecule has 0 aromatic carbocycles. The SMILES string of the molecule is CCCCCCCCCCCCN(CCCCCCCCCCCC)CCCN(CCCCCCCCCCCC)CCCCCC(=O)O. The molecule has 0 fully saturated rings. The summed E-state index contributed by atoms with van der Waals surface area (Å²) >= 11 is 0. The highest BCUT2D eigenvalue weighted by molar-refractivity contribution is 5.66. The van der Waals surface area contributed by atoms with Crippen LogP contribution in [0.25, 0.3) is 0 Å². The van der Waals surface area contributed by atoms with E-state index in [2.05, 4.69) is 30.6 Å². The van der Waals surface area contributed by atoms with Gasteiger partial charge in [-0.25, -0.2) is 0 Å². The van der Waals surface area contributed by atoms with E-state index in [9.17, 15) is 4.79 Å². The van der Waals surface area contributed by atoms with E-state index in [0.717, 1.165) is 25.8 Å². The summed E-state index contributed by atoms with van der Waals surface area (Å²) in [5.74, 6) is -0.646. The molecule has 0 aliphatic carbocycles. The molecule has 4 heteroatoms. The van der Waals surface area contributed by atoms with Gasteiger partial charge in [-0.15, -0.1) is 0 Å². The van der Waals surface area contributed by atoms with Crippen LogP contribution in [0.1, 0.15) is 245 Å². The number of aliphatic carboxylic acids is 1. The highest BCUT2D eigenvalue weighted by Crippen LogP contribution is 2.15. The standard InChI is InChI=1S/C45H92N2O2/c1-4-7-10-13-16-19-22-25-28-33-39-46(40-34-29-26-23-20-17-14-11-8-5-2)43-37-44-47(42-36-31-32-38-45(48)49)41-35-30-27-24-21-18-15-12-9-6-3/h4-44H2,1-3H3,(H,48,49). The van der Waals surface area contributed by atoms with Crippen molar-refractivity contribution in [2.24, 2.45) is 0 Å². The highest BCUT2D eigenvalue weighted by atomic mass is 16.4. The lowest BCUT2D eigenvalue weighted by Gasteiger charge is -2.26. The quantitative estimate of drug-likeness (QED) is 0.0646. The smallest absolute Gasteiger partial charge is 0.303 e. The molecule has 0 unspecified atom stereocenters. The van der Waals surface area contributed by atoms with Gasteiger partial charge >= 0.3 is 5.97 Å². The molecule has 4 nitrogen and oxygen atoms in total. The minimum atomic E-state index is -0.646. The van der Waals surface area contributed by atoms with E-state index in [-0.39, 0.29) is 0 Å². The van der Waals surface area contributed by atoms with Crippen LogP contribution in [0.2, 0.25) is 0 Å². The van der Waals surface area contributed by atoms with Crippen LogP contribution in [-0.2, 0) is 4.79 Å². The van der Waals surface area contributed by atoms with E-state index in [0.29, 0.717) is 6.42 Å². The lowest BCUT2D eigenvalue weighted by molar-refractivity contribution is -0.137. The zero-order valence-corrected chi connectivity index (χ0v) is 34.2. The lowest BCUT2D eigenvalue weighted by atomic mass is 10.1. The maximum Gasteiger partial charge on any atom is 0.303 e. The van der Waals surface area contributed by atoms with Crippen molar-refractivity contribution in [2.75, 3.05) is 39.3 Å². The normalized spacial score (nSPS) is 11.8. The van der Waals surface area contributed by atoms with Crippen molar-refractivity contribution in [3.63, 3.8) is 0 Å². The van der Waals surface area contributed by atoms with Gasteiger partial charge in [0.1, 0.15) is 0 Å². The fourth-order valence-electron chi connectivity index (χ4n) is 7.45. The monoisotopic (exact) mass is 693 g/mol. The first-order chi connectivity index (χ1) is 24.1. The van der Waals surface area contributed by atoms with E-state index < -0.39 is 5.97 Å². The first-order valence-corrected chi connectivity index (χ1v) is 22.8. The van der Waals surface area contributed by atoms with Crippen LogP contribution < -0.4 is 0 Å². The predicted octanol–water partition coefficient (Wildman–Crippen LogP) is 14.4. The number of unbranched alkanes of at least 4 members (excludes halogenated alkanes) is 29. The fraction of sp³-hybridized carbons (Fsp3) is 0.978. The molecule has 49 heavy (non-hydrogen) atoms. The molecule has 0 radical (unpaired) electrons. The minimum Gasteiger partial charge on any atom is -0.481 e. The van der Waals surface area contributed by atoms with Gasteiger partial charge in [-0.05, 0) is 77.8 Å². The molecule has 0 atom stereocenters. The van der Waals surface area contributed by atoms with Gasteiger partial charge in [0.05, 0.1) is 0 Å². The molecule has 0 aliphatic heterocycles. The minimum absolute atomic E-state index is 0.325. The third-order valence-electron chi connectivity index (χ3n) is 10.8. The van der Waals surface area contributed by atoms with Crippen molar-refractivity contribution < 1.29 is 9.90 Å². The van der Waals surface area contributed by atoms with Gasteiger partial charge in [-0.1, -0.05) is 201 Å². The van der Waals surface area contributed by atoms with Crippen LogP contribution in [0, 0.1) is 0 Å². The van der Waals surface area contributed by atoms with Crippen LogP contribution in [0.5, 0.6) is 0 Å². The highest BCUT2D eigenvalue weighted by Gasteiger charge is 2.09. The Labute approximate surface area is 309 Å². The molecule has 0 saturated heterocycles. The Bertz CT molecular complexity index is 603. The van der Waals surface area contributed by atoms with Gasteiger partial charge in [0.25, 0.3) is 0 Å². The Morgan fingerprint density at radius 3 is 0.755 bits per heavy atom. The first kappa shape index (κ1) is 48.4. The van der Waals surface area contributed by atoms with Gasteiger partial charge in [-0.3, -0.25) is 4.79 Å². The Morgan fingerprint density at radius 2 is 0.510 bits per heavy atom. The topological polar surface area (TPSA) is 43.8 Å². The number of carboxylic acid groups (broad SMARTS) is 1. The van der Waals surface area contributed by atoms with Crippen molar-refractivity contribution in [2.45, 2.75) is 245 Å². The lowest BCUT2D eigenvalue weighted by Crippen LogP contribution is -2.32. The van der Waals surface area contributed by atoms with E-state index in [4.69, 9.17) is 5.11 Å². The molecule has 0 rings (SSSR count). The Kier molecular flexibility index (Phi) is 41.3. The van der Waals surface area contributed by atoms with Crippen LogP contribution >= 0.6 is 0 Å². The number of hydrogen-bond acceptors (Lipinski definition) is 3. The number of carbonyl (C=O) groups is 1. The molecule has 294 valence electrons. The van der Waals surface area contributed by atoms with E-state index in [1.165, 1.54) is 232 Å². The average molecular weight is 693 g/mol. The molecule has 0 aromatic heterocycles. The van der Waals surface area contributed by atoms with E-state index in [1.807, 2.05) is 0 Å². The fourth-order valence-corrected chi connectivity index (χ4v) is 7.45. The number of carboxylic acids is 1. The number of nitrogens with zero attached hydrogens (tertiary/aromatic N) is 2. The largest absolute Gasteiger partial charge is 0.481 e. The van der Waals surface area contributed by atoms with Crippen molar-refractivity contribution >= 4 is 5.97 Å². The molecular weight excluding hydrogens is 601 g/mol. The Morgan fingerprint density at radius 1 is 0.306 bits per heavy atom. The first-order valence-electron chi connectivity index (χ1n) is 22.8. The van der Waals surface area contributed by atoms with Crippen LogP contribution in [0.4, 0.5) is 0 Å². The molecule has 0 aromatic rings. The van der Waals surface area contributed by atoms with Gasteiger partial charge < -0.3 is 14.9 Å². The molecule has 1 N–H and O–H groups in total. The zero-order valence-electron chi connectivity index (χ0n) is 34.2. The van der Waals surface area contributed by atoms with Gasteiger partial charge in [0.2, 0.25) is 0 Å². The van der Waals surface area contributed by atoms with Crippen LogP contribution in [-0.4, -0.2) is 60.1 Å². The number of rotatable bonds is 43. The van der Waals surface area contributed by atoms with Crippen molar-refractivity contribution in [3.05, 3.63) is 0 Å². The van der Waals surface area contributed by atoms with Gasteiger partial charge in [0.15, 0.2) is 0 Å². The second-order valence-corrected chi connectivity index (χ2v) is 15.8. The summed E-state index contributed by atoms with van der Waals surface area (Å²) < 4.78 is 0.